The van der Waals surface area contributed by atoms with Crippen molar-refractivity contribution in [3.8, 4) is 0 Å². The first-order valence-corrected chi connectivity index (χ1v) is 9.91. The van der Waals surface area contributed by atoms with E-state index in [1.54, 1.807) is 6.33 Å². The quantitative estimate of drug-likeness (QED) is 0.580. The van der Waals surface area contributed by atoms with E-state index in [0.717, 1.165) is 51.2 Å². The Balaban J connectivity index is 1.58. The van der Waals surface area contributed by atoms with Crippen LogP contribution in [0.4, 0.5) is 0 Å². The Labute approximate surface area is 156 Å². The molecule has 0 radical (unpaired) electrons. The zero-order chi connectivity index (χ0) is 18.2. The van der Waals surface area contributed by atoms with Crippen LogP contribution in [0.15, 0.2) is 11.3 Å². The molecule has 0 aromatic carbocycles. The largest absolute Gasteiger partial charge is 0.379 e. The van der Waals surface area contributed by atoms with Gasteiger partial charge in [0.05, 0.1) is 19.8 Å². The van der Waals surface area contributed by atoms with E-state index in [-0.39, 0.29) is 5.54 Å². The molecule has 146 valence electrons. The summed E-state index contributed by atoms with van der Waals surface area (Å²) in [4.78, 5) is 7.04. The minimum Gasteiger partial charge on any atom is -0.379 e. The minimum absolute atomic E-state index is 0.225. The van der Waals surface area contributed by atoms with Gasteiger partial charge in [-0.2, -0.15) is 0 Å². The number of ether oxygens (including phenoxy) is 1. The van der Waals surface area contributed by atoms with E-state index in [1.165, 1.54) is 32.1 Å². The molecule has 0 unspecified atom stereocenters. The second-order valence-corrected chi connectivity index (χ2v) is 7.20. The van der Waals surface area contributed by atoms with Crippen molar-refractivity contribution in [2.45, 2.75) is 57.7 Å². The van der Waals surface area contributed by atoms with Crippen molar-refractivity contribution in [1.82, 2.24) is 30.3 Å². The van der Waals surface area contributed by atoms with E-state index in [4.69, 9.17) is 4.74 Å². The highest BCUT2D eigenvalue weighted by Gasteiger charge is 2.38. The average molecular weight is 364 g/mol. The zero-order valence-corrected chi connectivity index (χ0v) is 16.2. The fourth-order valence-corrected chi connectivity index (χ4v) is 4.16. The number of nitrogens with zero attached hydrogens (tertiary/aromatic N) is 5. The maximum absolute atomic E-state index is 5.57. The Morgan fingerprint density at radius 3 is 2.69 bits per heavy atom. The van der Waals surface area contributed by atoms with E-state index < -0.39 is 0 Å². The first kappa shape index (κ1) is 19.1. The molecule has 1 aliphatic carbocycles. The van der Waals surface area contributed by atoms with Crippen LogP contribution < -0.4 is 10.6 Å². The molecule has 2 heterocycles. The molecule has 0 spiro atoms. The molecule has 1 saturated carbocycles. The second-order valence-electron chi connectivity index (χ2n) is 7.20. The van der Waals surface area contributed by atoms with Gasteiger partial charge in [0.2, 0.25) is 0 Å². The van der Waals surface area contributed by atoms with Crippen molar-refractivity contribution in [3.05, 3.63) is 12.2 Å². The lowest BCUT2D eigenvalue weighted by Crippen LogP contribution is -2.60. The van der Waals surface area contributed by atoms with Gasteiger partial charge in [0.25, 0.3) is 0 Å². The summed E-state index contributed by atoms with van der Waals surface area (Å²) in [6.07, 6.45) is 8.24. The smallest absolute Gasteiger partial charge is 0.191 e. The van der Waals surface area contributed by atoms with Crippen LogP contribution in [0, 0.1) is 0 Å². The molecule has 1 aromatic heterocycles. The number of aromatic nitrogens is 3. The molecule has 0 amide bonds. The fourth-order valence-electron chi connectivity index (χ4n) is 4.16. The molecule has 1 aromatic rings. The van der Waals surface area contributed by atoms with Gasteiger partial charge in [0.1, 0.15) is 6.33 Å². The fraction of sp³-hybridized carbons (Fsp3) is 0.833. The van der Waals surface area contributed by atoms with Crippen molar-refractivity contribution < 1.29 is 4.74 Å². The molecule has 2 fully saturated rings. The van der Waals surface area contributed by atoms with E-state index in [1.807, 2.05) is 11.6 Å². The van der Waals surface area contributed by atoms with Gasteiger partial charge in [-0.15, -0.1) is 10.2 Å². The molecule has 8 heteroatoms. The van der Waals surface area contributed by atoms with Crippen LogP contribution in [0.1, 0.15) is 44.9 Å². The number of aliphatic imine (C=N–C) groups is 1. The molecule has 1 aliphatic heterocycles. The van der Waals surface area contributed by atoms with E-state index >= 15 is 0 Å². The molecular weight excluding hydrogens is 330 g/mol. The van der Waals surface area contributed by atoms with E-state index in [2.05, 4.69) is 37.6 Å². The lowest BCUT2D eigenvalue weighted by molar-refractivity contribution is -0.0352. The van der Waals surface area contributed by atoms with Crippen LogP contribution >= 0.6 is 0 Å². The molecule has 8 nitrogen and oxygen atoms in total. The van der Waals surface area contributed by atoms with E-state index in [0.29, 0.717) is 6.54 Å². The van der Waals surface area contributed by atoms with Crippen LogP contribution in [0.5, 0.6) is 0 Å². The standard InChI is InChI=1S/C18H33N7O/c1-3-24-15-22-23-16(24)13-20-17(19-2)21-14-18(7-5-4-6-8-18)25-9-11-26-12-10-25/h15H,3-14H2,1-2H3,(H2,19,20,21). The molecule has 2 N–H and O–H groups in total. The summed E-state index contributed by atoms with van der Waals surface area (Å²) in [5.41, 5.74) is 0.225. The molecule has 3 rings (SSSR count). The summed E-state index contributed by atoms with van der Waals surface area (Å²) in [7, 11) is 1.82. The summed E-state index contributed by atoms with van der Waals surface area (Å²) in [6, 6.07) is 0. The minimum atomic E-state index is 0.225. The first-order valence-electron chi connectivity index (χ1n) is 9.91. The predicted octanol–water partition coefficient (Wildman–Crippen LogP) is 0.998. The van der Waals surface area contributed by atoms with Crippen LogP contribution in [-0.2, 0) is 17.8 Å². The van der Waals surface area contributed by atoms with Gasteiger partial charge in [-0.1, -0.05) is 19.3 Å². The van der Waals surface area contributed by atoms with Crippen LogP contribution in [-0.4, -0.2) is 71.1 Å². The van der Waals surface area contributed by atoms with Crippen molar-refractivity contribution in [1.29, 1.82) is 0 Å². The number of nitrogens with one attached hydrogen (secondary N) is 2. The Morgan fingerprint density at radius 2 is 2.00 bits per heavy atom. The maximum atomic E-state index is 5.57. The lowest BCUT2D eigenvalue weighted by Gasteiger charge is -2.48. The van der Waals surface area contributed by atoms with Gasteiger partial charge < -0.3 is 19.9 Å². The molecule has 26 heavy (non-hydrogen) atoms. The molecule has 0 bridgehead atoms. The highest BCUT2D eigenvalue weighted by molar-refractivity contribution is 5.79. The van der Waals surface area contributed by atoms with Gasteiger partial charge in [-0.05, 0) is 19.8 Å². The summed E-state index contributed by atoms with van der Waals surface area (Å²) >= 11 is 0. The van der Waals surface area contributed by atoms with E-state index in [9.17, 15) is 0 Å². The monoisotopic (exact) mass is 363 g/mol. The Bertz CT molecular complexity index is 574. The Morgan fingerprint density at radius 1 is 1.23 bits per heavy atom. The predicted molar refractivity (Wildman–Crippen MR) is 102 cm³/mol. The summed E-state index contributed by atoms with van der Waals surface area (Å²) in [5.74, 6) is 1.75. The molecule has 1 saturated heterocycles. The van der Waals surface area contributed by atoms with Crippen LogP contribution in [0.3, 0.4) is 0 Å². The Kier molecular flexibility index (Phi) is 6.85. The maximum Gasteiger partial charge on any atom is 0.191 e. The number of hydrogen-bond donors (Lipinski definition) is 2. The van der Waals surface area contributed by atoms with Crippen molar-refractivity contribution in [3.63, 3.8) is 0 Å². The van der Waals surface area contributed by atoms with Gasteiger partial charge in [0.15, 0.2) is 11.8 Å². The second kappa shape index (κ2) is 9.32. The lowest BCUT2D eigenvalue weighted by atomic mass is 9.80. The number of guanidine groups is 1. The number of morpholine rings is 1. The number of aryl methyl sites for hydroxylation is 1. The highest BCUT2D eigenvalue weighted by atomic mass is 16.5. The van der Waals surface area contributed by atoms with Crippen molar-refractivity contribution in [2.75, 3.05) is 39.9 Å². The third-order valence-corrected chi connectivity index (χ3v) is 5.73. The average Bonchev–Trinajstić information content (AvgIpc) is 3.17. The summed E-state index contributed by atoms with van der Waals surface area (Å²) in [5, 5.41) is 15.1. The normalized spacial score (nSPS) is 21.5. The summed E-state index contributed by atoms with van der Waals surface area (Å²) in [6.45, 7) is 8.28. The SMILES string of the molecule is CCn1cnnc1CNC(=NC)NCC1(N2CCOCC2)CCCCC1. The molecule has 2 aliphatic rings. The highest BCUT2D eigenvalue weighted by Crippen LogP contribution is 2.33. The molecular formula is C18H33N7O. The summed E-state index contributed by atoms with van der Waals surface area (Å²) < 4.78 is 7.61. The third kappa shape index (κ3) is 4.54. The van der Waals surface area contributed by atoms with Gasteiger partial charge >= 0.3 is 0 Å². The van der Waals surface area contributed by atoms with Crippen LogP contribution in [0.2, 0.25) is 0 Å². The first-order chi connectivity index (χ1) is 12.8. The van der Waals surface area contributed by atoms with Crippen molar-refractivity contribution in [2.24, 2.45) is 4.99 Å². The third-order valence-electron chi connectivity index (χ3n) is 5.73. The van der Waals surface area contributed by atoms with Gasteiger partial charge in [0, 0.05) is 38.8 Å². The van der Waals surface area contributed by atoms with Gasteiger partial charge in [-0.3, -0.25) is 9.89 Å². The molecule has 0 atom stereocenters. The van der Waals surface area contributed by atoms with Crippen molar-refractivity contribution >= 4 is 5.96 Å². The number of rotatable bonds is 6. The zero-order valence-electron chi connectivity index (χ0n) is 16.2. The topological polar surface area (TPSA) is 79.6 Å². The number of hydrogen-bond acceptors (Lipinski definition) is 5. The Hall–Kier alpha value is -1.67. The van der Waals surface area contributed by atoms with Gasteiger partial charge in [-0.25, -0.2) is 0 Å². The van der Waals surface area contributed by atoms with Crippen LogP contribution in [0.25, 0.3) is 0 Å².